The highest BCUT2D eigenvalue weighted by atomic mass is 35.5. The third-order valence-corrected chi connectivity index (χ3v) is 8.01. The Hall–Kier alpha value is -3.38. The smallest absolute Gasteiger partial charge is 0.410 e. The van der Waals surface area contributed by atoms with Crippen LogP contribution in [0.4, 0.5) is 9.18 Å². The van der Waals surface area contributed by atoms with Crippen LogP contribution in [0.25, 0.3) is 10.8 Å². The molecule has 1 fully saturated rings. The average molecular weight is 565 g/mol. The van der Waals surface area contributed by atoms with Crippen LogP contribution in [0.5, 0.6) is 0 Å². The van der Waals surface area contributed by atoms with Crippen LogP contribution in [0.15, 0.2) is 73.3 Å². The van der Waals surface area contributed by atoms with Crippen molar-refractivity contribution in [3.05, 3.63) is 95.3 Å². The van der Waals surface area contributed by atoms with Crippen LogP contribution in [-0.2, 0) is 14.9 Å². The molecular weight excluding hydrogens is 527 g/mol. The summed E-state index contributed by atoms with van der Waals surface area (Å²) in [5.41, 5.74) is 0.583. The van der Waals surface area contributed by atoms with E-state index >= 15 is 0 Å². The predicted molar refractivity (Wildman–Crippen MR) is 159 cm³/mol. The molecule has 3 aromatic rings. The molecule has 1 N–H and O–H groups in total. The van der Waals surface area contributed by atoms with Gasteiger partial charge in [0.25, 0.3) is 0 Å². The van der Waals surface area contributed by atoms with Gasteiger partial charge >= 0.3 is 6.09 Å². The third-order valence-electron chi connectivity index (χ3n) is 7.80. The third kappa shape index (κ3) is 6.49. The fraction of sp³-hybridized carbons (Fsp3) is 0.394. The number of ether oxygens (including phenoxy) is 1. The van der Waals surface area contributed by atoms with Crippen molar-refractivity contribution in [1.29, 1.82) is 0 Å². The van der Waals surface area contributed by atoms with E-state index in [1.54, 1.807) is 23.1 Å². The zero-order valence-electron chi connectivity index (χ0n) is 23.7. The van der Waals surface area contributed by atoms with Crippen LogP contribution in [0, 0.1) is 11.7 Å². The van der Waals surface area contributed by atoms with Gasteiger partial charge in [-0.15, -0.1) is 6.58 Å². The summed E-state index contributed by atoms with van der Waals surface area (Å²) >= 11 is 6.43. The number of piperidine rings is 1. The molecule has 2 amide bonds. The van der Waals surface area contributed by atoms with Gasteiger partial charge in [-0.25, -0.2) is 9.18 Å². The fourth-order valence-corrected chi connectivity index (χ4v) is 6.07. The molecule has 1 unspecified atom stereocenters. The number of carbonyl (C=O) groups excluding carboxylic acids is 2. The lowest BCUT2D eigenvalue weighted by atomic mass is 9.63. The lowest BCUT2D eigenvalue weighted by molar-refractivity contribution is -0.128. The zero-order valence-corrected chi connectivity index (χ0v) is 24.4. The van der Waals surface area contributed by atoms with E-state index in [9.17, 15) is 14.0 Å². The van der Waals surface area contributed by atoms with E-state index in [1.807, 2.05) is 64.1 Å². The van der Waals surface area contributed by atoms with Gasteiger partial charge in [-0.05, 0) is 93.1 Å². The number of amides is 2. The van der Waals surface area contributed by atoms with Gasteiger partial charge in [0, 0.05) is 23.5 Å². The Balaban J connectivity index is 1.65. The predicted octanol–water partition coefficient (Wildman–Crippen LogP) is 7.97. The molecule has 7 heteroatoms. The van der Waals surface area contributed by atoms with Gasteiger partial charge in [0.1, 0.15) is 11.4 Å². The van der Waals surface area contributed by atoms with Crippen LogP contribution in [0.3, 0.4) is 0 Å². The minimum absolute atomic E-state index is 0.119. The van der Waals surface area contributed by atoms with E-state index in [-0.39, 0.29) is 23.9 Å². The lowest BCUT2D eigenvalue weighted by Crippen LogP contribution is -2.53. The summed E-state index contributed by atoms with van der Waals surface area (Å²) in [6.07, 6.45) is 2.87. The van der Waals surface area contributed by atoms with Crippen LogP contribution in [-0.4, -0.2) is 35.6 Å². The van der Waals surface area contributed by atoms with E-state index in [4.69, 9.17) is 16.3 Å². The molecule has 40 heavy (non-hydrogen) atoms. The first-order valence-corrected chi connectivity index (χ1v) is 14.1. The van der Waals surface area contributed by atoms with Crippen molar-refractivity contribution in [3.63, 3.8) is 0 Å². The standard InChI is InChI=1S/C33H38ClFN2O3/c1-6-9-29(30(38)36-22(2)28-21-25(34)20-23-10-7-8-11-27(23)28)33(24-12-14-26(35)15-13-24)16-18-37(19-17-33)31(39)40-32(3,4)5/h6-8,10-15,20-22,29H,1,9,16-19H2,2-5H3,(H,36,38)/t22-,29?/m1/s1. The van der Waals surface area contributed by atoms with Crippen molar-refractivity contribution in [2.75, 3.05) is 13.1 Å². The van der Waals surface area contributed by atoms with Gasteiger partial charge in [0.2, 0.25) is 5.91 Å². The monoisotopic (exact) mass is 564 g/mol. The number of rotatable bonds is 7. The molecule has 0 aromatic heterocycles. The highest BCUT2D eigenvalue weighted by Crippen LogP contribution is 2.44. The minimum Gasteiger partial charge on any atom is -0.444 e. The highest BCUT2D eigenvalue weighted by Gasteiger charge is 2.47. The Bertz CT molecular complexity index is 1370. The zero-order chi connectivity index (χ0) is 29.1. The summed E-state index contributed by atoms with van der Waals surface area (Å²) in [6.45, 7) is 12.3. The second-order valence-corrected chi connectivity index (χ2v) is 12.1. The Morgan fingerprint density at radius 3 is 2.40 bits per heavy atom. The quantitative estimate of drug-likeness (QED) is 0.296. The molecule has 0 radical (unpaired) electrons. The number of likely N-dealkylation sites (tertiary alicyclic amines) is 1. The molecule has 0 aliphatic carbocycles. The number of hydrogen-bond acceptors (Lipinski definition) is 3. The topological polar surface area (TPSA) is 58.6 Å². The second kappa shape index (κ2) is 12.0. The maximum absolute atomic E-state index is 14.1. The van der Waals surface area contributed by atoms with Gasteiger partial charge in [-0.3, -0.25) is 4.79 Å². The fourth-order valence-electron chi connectivity index (χ4n) is 5.84. The Kier molecular flexibility index (Phi) is 8.89. The van der Waals surface area contributed by atoms with E-state index in [0.717, 1.165) is 21.9 Å². The van der Waals surface area contributed by atoms with Crippen molar-refractivity contribution >= 4 is 34.4 Å². The molecule has 3 aromatic carbocycles. The first-order valence-electron chi connectivity index (χ1n) is 13.8. The lowest BCUT2D eigenvalue weighted by Gasteiger charge is -2.46. The van der Waals surface area contributed by atoms with Gasteiger partial charge in [0.15, 0.2) is 0 Å². The summed E-state index contributed by atoms with van der Waals surface area (Å²) < 4.78 is 19.6. The summed E-state index contributed by atoms with van der Waals surface area (Å²) in [5.74, 6) is -0.938. The molecule has 0 bridgehead atoms. The molecule has 2 atom stereocenters. The summed E-state index contributed by atoms with van der Waals surface area (Å²) in [5, 5.41) is 5.88. The summed E-state index contributed by atoms with van der Waals surface area (Å²) in [4.78, 5) is 28.6. The maximum atomic E-state index is 14.1. The van der Waals surface area contributed by atoms with Crippen molar-refractivity contribution in [3.8, 4) is 0 Å². The van der Waals surface area contributed by atoms with Crippen LogP contribution >= 0.6 is 11.6 Å². The van der Waals surface area contributed by atoms with Gasteiger partial charge in [-0.2, -0.15) is 0 Å². The van der Waals surface area contributed by atoms with E-state index in [1.165, 1.54) is 12.1 Å². The van der Waals surface area contributed by atoms with Crippen molar-refractivity contribution in [1.82, 2.24) is 10.2 Å². The Morgan fingerprint density at radius 2 is 1.77 bits per heavy atom. The van der Waals surface area contributed by atoms with Crippen molar-refractivity contribution in [2.45, 2.75) is 64.0 Å². The molecule has 1 saturated heterocycles. The number of halogens is 2. The molecule has 1 heterocycles. The summed E-state index contributed by atoms with van der Waals surface area (Å²) in [6, 6.07) is 17.8. The van der Waals surface area contributed by atoms with E-state index < -0.39 is 16.9 Å². The van der Waals surface area contributed by atoms with E-state index in [0.29, 0.717) is 37.4 Å². The number of benzene rings is 3. The normalized spacial score (nSPS) is 16.7. The Labute approximate surface area is 241 Å². The molecule has 1 aliphatic rings. The van der Waals surface area contributed by atoms with Gasteiger partial charge < -0.3 is 15.0 Å². The first kappa shape index (κ1) is 29.6. The van der Waals surface area contributed by atoms with E-state index in [2.05, 4.69) is 11.9 Å². The second-order valence-electron chi connectivity index (χ2n) is 11.7. The van der Waals surface area contributed by atoms with Crippen LogP contribution in [0.2, 0.25) is 5.02 Å². The molecule has 212 valence electrons. The van der Waals surface area contributed by atoms with Crippen LogP contribution < -0.4 is 5.32 Å². The molecule has 1 aliphatic heterocycles. The summed E-state index contributed by atoms with van der Waals surface area (Å²) in [7, 11) is 0. The largest absolute Gasteiger partial charge is 0.444 e. The number of hydrogen-bond donors (Lipinski definition) is 1. The highest BCUT2D eigenvalue weighted by molar-refractivity contribution is 6.31. The van der Waals surface area contributed by atoms with Gasteiger partial charge in [-0.1, -0.05) is 54.1 Å². The first-order chi connectivity index (χ1) is 18.9. The minimum atomic E-state index is -0.624. The maximum Gasteiger partial charge on any atom is 0.410 e. The molecule has 0 spiro atoms. The number of fused-ring (bicyclic) bond motifs is 1. The van der Waals surface area contributed by atoms with Gasteiger partial charge in [0.05, 0.1) is 12.0 Å². The molecular formula is C33H38ClFN2O3. The number of nitrogens with one attached hydrogen (secondary N) is 1. The number of allylic oxidation sites excluding steroid dienone is 1. The number of nitrogens with zero attached hydrogens (tertiary/aromatic N) is 1. The molecule has 5 nitrogen and oxygen atoms in total. The van der Waals surface area contributed by atoms with Crippen molar-refractivity contribution < 1.29 is 18.7 Å². The van der Waals surface area contributed by atoms with Crippen molar-refractivity contribution in [2.24, 2.45) is 5.92 Å². The van der Waals surface area contributed by atoms with Crippen LogP contribution in [0.1, 0.15) is 64.1 Å². The molecule has 0 saturated carbocycles. The molecule has 4 rings (SSSR count). The number of carbonyl (C=O) groups is 2. The average Bonchev–Trinajstić information content (AvgIpc) is 2.90. The Morgan fingerprint density at radius 1 is 1.12 bits per heavy atom. The SMILES string of the molecule is C=CCC(C(=O)N[C@H](C)c1cc(Cl)cc2ccccc12)C1(c2ccc(F)cc2)CCN(C(=O)OC(C)(C)C)CC1.